The molecule has 0 saturated carbocycles. The minimum Gasteiger partial charge on any atom is -0.507 e. The third-order valence-electron chi connectivity index (χ3n) is 5.94. The van der Waals surface area contributed by atoms with Gasteiger partial charge in [0.2, 0.25) is 0 Å². The molecular weight excluding hydrogens is 418 g/mol. The highest BCUT2D eigenvalue weighted by molar-refractivity contribution is 6.33. The second-order valence-corrected chi connectivity index (χ2v) is 9.63. The molecule has 1 fully saturated rings. The summed E-state index contributed by atoms with van der Waals surface area (Å²) in [4.78, 5) is 15.0. The summed E-state index contributed by atoms with van der Waals surface area (Å²) < 4.78 is 6.11. The van der Waals surface area contributed by atoms with E-state index >= 15 is 0 Å². The lowest BCUT2D eigenvalue weighted by atomic mass is 9.78. The molecule has 2 atom stereocenters. The number of hydrogen-bond donors (Lipinski definition) is 3. The Balaban J connectivity index is 2.01. The molecule has 2 unspecified atom stereocenters. The lowest BCUT2D eigenvalue weighted by Gasteiger charge is -2.29. The van der Waals surface area contributed by atoms with E-state index in [0.717, 1.165) is 12.6 Å². The average molecular weight is 444 g/mol. The van der Waals surface area contributed by atoms with Gasteiger partial charge in [-0.05, 0) is 31.0 Å². The molecule has 1 aromatic heterocycles. The SMILES string of the molecule is CN1CC(O)C(c2c(O)cc(O)c3c(=O)cc(-c4ccccc4Cl)oc23)CC(C)(C)C1. The van der Waals surface area contributed by atoms with Crippen molar-refractivity contribution in [1.82, 2.24) is 4.90 Å². The number of phenols is 2. The Labute approximate surface area is 185 Å². The molecule has 0 amide bonds. The summed E-state index contributed by atoms with van der Waals surface area (Å²) in [5, 5.41) is 32.6. The van der Waals surface area contributed by atoms with Gasteiger partial charge in [-0.3, -0.25) is 4.79 Å². The van der Waals surface area contributed by atoms with Crippen LogP contribution in [0.3, 0.4) is 0 Å². The van der Waals surface area contributed by atoms with Gasteiger partial charge in [0, 0.05) is 42.3 Å². The van der Waals surface area contributed by atoms with Crippen LogP contribution in [-0.2, 0) is 0 Å². The number of rotatable bonds is 2. The number of β-amino-alcohol motifs (C(OH)–C–C–N with tert-alkyl or cyclic N) is 1. The highest BCUT2D eigenvalue weighted by Crippen LogP contribution is 2.46. The Morgan fingerprint density at radius 3 is 2.58 bits per heavy atom. The van der Waals surface area contributed by atoms with E-state index in [4.69, 9.17) is 16.0 Å². The third kappa shape index (κ3) is 4.03. The van der Waals surface area contributed by atoms with Crippen molar-refractivity contribution in [2.45, 2.75) is 32.3 Å². The first-order chi connectivity index (χ1) is 14.6. The molecule has 1 aliphatic heterocycles. The molecule has 1 saturated heterocycles. The largest absolute Gasteiger partial charge is 0.507 e. The van der Waals surface area contributed by atoms with Gasteiger partial charge in [-0.15, -0.1) is 0 Å². The van der Waals surface area contributed by atoms with Crippen LogP contribution in [0.4, 0.5) is 0 Å². The quantitative estimate of drug-likeness (QED) is 0.545. The fourth-order valence-corrected chi connectivity index (χ4v) is 5.03. The summed E-state index contributed by atoms with van der Waals surface area (Å²) >= 11 is 6.31. The number of likely N-dealkylation sites (tertiary alicyclic amines) is 1. The van der Waals surface area contributed by atoms with Crippen LogP contribution in [0, 0.1) is 5.41 Å². The summed E-state index contributed by atoms with van der Waals surface area (Å²) in [5.74, 6) is -0.842. The lowest BCUT2D eigenvalue weighted by molar-refractivity contribution is 0.114. The van der Waals surface area contributed by atoms with Crippen LogP contribution in [0.2, 0.25) is 5.02 Å². The normalized spacial score (nSPS) is 21.8. The summed E-state index contributed by atoms with van der Waals surface area (Å²) in [6.45, 7) is 5.37. The van der Waals surface area contributed by atoms with Crippen LogP contribution in [0.5, 0.6) is 11.5 Å². The summed E-state index contributed by atoms with van der Waals surface area (Å²) in [6.07, 6.45) is -0.230. The molecule has 0 radical (unpaired) electrons. The van der Waals surface area contributed by atoms with Crippen LogP contribution in [0.1, 0.15) is 31.7 Å². The Hall–Kier alpha value is -2.54. The second-order valence-electron chi connectivity index (χ2n) is 9.23. The number of halogens is 1. The molecule has 0 bridgehead atoms. The van der Waals surface area contributed by atoms with Gasteiger partial charge in [0.25, 0.3) is 0 Å². The molecule has 0 spiro atoms. The molecule has 4 rings (SSSR count). The number of likely N-dealkylation sites (N-methyl/N-ethyl adjacent to an activating group) is 1. The van der Waals surface area contributed by atoms with E-state index in [1.807, 2.05) is 7.05 Å². The number of phenolic OH excluding ortho intramolecular Hbond substituents is 2. The first-order valence-electron chi connectivity index (χ1n) is 10.2. The molecule has 2 heterocycles. The van der Waals surface area contributed by atoms with E-state index in [-0.39, 0.29) is 33.6 Å². The van der Waals surface area contributed by atoms with Crippen molar-refractivity contribution in [1.29, 1.82) is 0 Å². The molecular formula is C24H26ClNO5. The summed E-state index contributed by atoms with van der Waals surface area (Å²) in [6, 6.07) is 9.40. The van der Waals surface area contributed by atoms with E-state index in [0.29, 0.717) is 29.1 Å². The van der Waals surface area contributed by atoms with Gasteiger partial charge >= 0.3 is 0 Å². The fourth-order valence-electron chi connectivity index (χ4n) is 4.81. The molecule has 3 N–H and O–H groups in total. The van der Waals surface area contributed by atoms with Gasteiger partial charge in [-0.25, -0.2) is 0 Å². The van der Waals surface area contributed by atoms with Crippen molar-refractivity contribution < 1.29 is 19.7 Å². The van der Waals surface area contributed by atoms with Crippen LogP contribution in [0.15, 0.2) is 45.6 Å². The monoisotopic (exact) mass is 443 g/mol. The van der Waals surface area contributed by atoms with Gasteiger partial charge < -0.3 is 24.6 Å². The highest BCUT2D eigenvalue weighted by atomic mass is 35.5. The zero-order chi connectivity index (χ0) is 22.5. The zero-order valence-electron chi connectivity index (χ0n) is 17.7. The highest BCUT2D eigenvalue weighted by Gasteiger charge is 2.38. The van der Waals surface area contributed by atoms with Crippen molar-refractivity contribution in [3.63, 3.8) is 0 Å². The minimum absolute atomic E-state index is 0.0220. The van der Waals surface area contributed by atoms with E-state index < -0.39 is 17.5 Å². The summed E-state index contributed by atoms with van der Waals surface area (Å²) in [7, 11) is 1.94. The zero-order valence-corrected chi connectivity index (χ0v) is 18.5. The number of aliphatic hydroxyl groups excluding tert-OH is 1. The van der Waals surface area contributed by atoms with Gasteiger partial charge in [0.05, 0.1) is 11.1 Å². The number of nitrogens with zero attached hydrogens (tertiary/aromatic N) is 1. The van der Waals surface area contributed by atoms with Crippen molar-refractivity contribution >= 4 is 22.6 Å². The van der Waals surface area contributed by atoms with E-state index in [1.165, 1.54) is 6.07 Å². The summed E-state index contributed by atoms with van der Waals surface area (Å²) in [5.41, 5.74) is 0.320. The number of aliphatic hydroxyl groups is 1. The Morgan fingerprint density at radius 1 is 1.16 bits per heavy atom. The first kappa shape index (κ1) is 21.7. The maximum Gasteiger partial charge on any atom is 0.197 e. The molecule has 164 valence electrons. The smallest absolute Gasteiger partial charge is 0.197 e. The predicted octanol–water partition coefficient (Wildman–Crippen LogP) is 4.33. The number of fused-ring (bicyclic) bond motifs is 1. The Morgan fingerprint density at radius 2 is 1.87 bits per heavy atom. The van der Waals surface area contributed by atoms with Gasteiger partial charge in [0.15, 0.2) is 5.43 Å². The Bertz CT molecular complexity index is 1200. The van der Waals surface area contributed by atoms with Crippen LogP contribution >= 0.6 is 11.6 Å². The van der Waals surface area contributed by atoms with E-state index in [2.05, 4.69) is 18.7 Å². The average Bonchev–Trinajstić information content (AvgIpc) is 2.75. The van der Waals surface area contributed by atoms with Crippen LogP contribution < -0.4 is 5.43 Å². The number of hydrogen-bond acceptors (Lipinski definition) is 6. The van der Waals surface area contributed by atoms with Crippen molar-refractivity contribution in [3.8, 4) is 22.8 Å². The third-order valence-corrected chi connectivity index (χ3v) is 6.27. The molecule has 7 heteroatoms. The fraction of sp³-hybridized carbons (Fsp3) is 0.375. The van der Waals surface area contributed by atoms with Crippen LogP contribution in [0.25, 0.3) is 22.3 Å². The van der Waals surface area contributed by atoms with E-state index in [9.17, 15) is 20.1 Å². The molecule has 2 aromatic carbocycles. The van der Waals surface area contributed by atoms with Gasteiger partial charge in [-0.2, -0.15) is 0 Å². The maximum absolute atomic E-state index is 13.0. The van der Waals surface area contributed by atoms with Crippen molar-refractivity contribution in [3.05, 3.63) is 57.2 Å². The minimum atomic E-state index is -0.792. The van der Waals surface area contributed by atoms with Gasteiger partial charge in [-0.1, -0.05) is 37.6 Å². The second kappa shape index (κ2) is 7.86. The van der Waals surface area contributed by atoms with E-state index in [1.54, 1.807) is 24.3 Å². The number of benzene rings is 2. The van der Waals surface area contributed by atoms with Crippen molar-refractivity contribution in [2.75, 3.05) is 20.1 Å². The van der Waals surface area contributed by atoms with Gasteiger partial charge in [0.1, 0.15) is 28.2 Å². The first-order valence-corrected chi connectivity index (χ1v) is 10.6. The topological polar surface area (TPSA) is 94.1 Å². The predicted molar refractivity (Wildman–Crippen MR) is 121 cm³/mol. The molecule has 6 nitrogen and oxygen atoms in total. The maximum atomic E-state index is 13.0. The Kier molecular flexibility index (Phi) is 5.50. The molecule has 31 heavy (non-hydrogen) atoms. The molecule has 0 aliphatic carbocycles. The van der Waals surface area contributed by atoms with Crippen LogP contribution in [-0.4, -0.2) is 46.5 Å². The van der Waals surface area contributed by atoms with Crippen molar-refractivity contribution in [2.24, 2.45) is 5.41 Å². The lowest BCUT2D eigenvalue weighted by Crippen LogP contribution is -2.32. The molecule has 1 aliphatic rings. The number of aromatic hydroxyl groups is 2. The standard InChI is InChI=1S/C24H26ClNO5/c1-24(2)10-14(19(30)11-26(3)12-24)21-16(27)8-17(28)22-18(29)9-20(31-23(21)22)13-6-4-5-7-15(13)25/h4-9,14,19,27-28,30H,10-12H2,1-3H3. The molecule has 3 aromatic rings.